The summed E-state index contributed by atoms with van der Waals surface area (Å²) in [4.78, 5) is 10.9. The first kappa shape index (κ1) is 19.2. The number of hydrogen-bond acceptors (Lipinski definition) is 6. The Kier molecular flexibility index (Phi) is 5.64. The molecule has 1 aromatic carbocycles. The first-order valence-corrected chi connectivity index (χ1v) is 10.1. The van der Waals surface area contributed by atoms with Crippen LogP contribution in [0.1, 0.15) is 24.1 Å². The van der Waals surface area contributed by atoms with E-state index in [2.05, 4.69) is 26.9 Å². The van der Waals surface area contributed by atoms with Gasteiger partial charge in [0.25, 0.3) is 0 Å². The van der Waals surface area contributed by atoms with Gasteiger partial charge < -0.3 is 0 Å². The minimum absolute atomic E-state index is 0.0399. The van der Waals surface area contributed by atoms with Crippen molar-refractivity contribution in [2.45, 2.75) is 24.8 Å². The van der Waals surface area contributed by atoms with Gasteiger partial charge in [0.15, 0.2) is 11.6 Å². The molecular formula is C18H22N6O2S. The number of nitrogens with zero attached hydrogens (tertiary/aromatic N) is 5. The van der Waals surface area contributed by atoms with Crippen molar-refractivity contribution >= 4 is 10.0 Å². The average Bonchev–Trinajstić information content (AvgIpc) is 3.04. The zero-order valence-corrected chi connectivity index (χ0v) is 16.1. The topological polar surface area (TPSA) is 107 Å². The number of rotatable bonds is 7. The molecule has 2 aromatic heterocycles. The van der Waals surface area contributed by atoms with Crippen molar-refractivity contribution in [2.24, 2.45) is 5.14 Å². The monoisotopic (exact) mass is 386 g/mol. The first-order chi connectivity index (χ1) is 12.9. The molecule has 0 unspecified atom stereocenters. The number of primary sulfonamides is 1. The van der Waals surface area contributed by atoms with Crippen molar-refractivity contribution < 1.29 is 8.42 Å². The summed E-state index contributed by atoms with van der Waals surface area (Å²) in [7, 11) is -1.79. The van der Waals surface area contributed by atoms with Gasteiger partial charge in [-0.2, -0.15) is 4.68 Å². The van der Waals surface area contributed by atoms with Gasteiger partial charge >= 0.3 is 0 Å². The molecule has 0 aliphatic rings. The lowest BCUT2D eigenvalue weighted by Gasteiger charge is -2.09. The largest absolute Gasteiger partial charge is 0.299 e. The molecule has 0 fully saturated rings. The normalized spacial score (nSPS) is 11.9. The maximum absolute atomic E-state index is 11.4. The van der Waals surface area contributed by atoms with E-state index in [9.17, 15) is 8.42 Å². The highest BCUT2D eigenvalue weighted by atomic mass is 32.2. The summed E-state index contributed by atoms with van der Waals surface area (Å²) in [6, 6.07) is 13.0. The fourth-order valence-electron chi connectivity index (χ4n) is 2.55. The van der Waals surface area contributed by atoms with Gasteiger partial charge in [-0.15, -0.1) is 5.10 Å². The number of nitrogens with two attached hydrogens (primary N) is 1. The van der Waals surface area contributed by atoms with Crippen LogP contribution in [0.2, 0.25) is 0 Å². The molecule has 0 amide bonds. The van der Waals surface area contributed by atoms with Crippen LogP contribution in [0.3, 0.4) is 0 Å². The number of hydrogen-bond donors (Lipinski definition) is 1. The van der Waals surface area contributed by atoms with Crippen molar-refractivity contribution in [3.05, 3.63) is 65.9 Å². The second-order valence-corrected chi connectivity index (χ2v) is 7.81. The van der Waals surface area contributed by atoms with Gasteiger partial charge in [-0.1, -0.05) is 37.3 Å². The highest BCUT2D eigenvalue weighted by Gasteiger charge is 2.15. The van der Waals surface area contributed by atoms with Crippen LogP contribution in [0, 0.1) is 0 Å². The van der Waals surface area contributed by atoms with E-state index in [0.29, 0.717) is 24.6 Å². The maximum Gasteiger partial charge on any atom is 0.239 e. The fraction of sp³-hybridized carbons (Fsp3) is 0.278. The second kappa shape index (κ2) is 7.95. The summed E-state index contributed by atoms with van der Waals surface area (Å²) in [5.41, 5.74) is 1.10. The van der Waals surface area contributed by atoms with Gasteiger partial charge in [-0.25, -0.2) is 23.5 Å². The molecule has 27 heavy (non-hydrogen) atoms. The van der Waals surface area contributed by atoms with E-state index in [1.54, 1.807) is 10.7 Å². The quantitative estimate of drug-likeness (QED) is 0.657. The maximum atomic E-state index is 11.4. The number of pyridine rings is 1. The molecule has 9 heteroatoms. The Morgan fingerprint density at radius 1 is 1.15 bits per heavy atom. The molecule has 2 heterocycles. The van der Waals surface area contributed by atoms with Crippen molar-refractivity contribution in [3.63, 3.8) is 0 Å². The molecule has 0 spiro atoms. The van der Waals surface area contributed by atoms with Crippen molar-refractivity contribution in [3.8, 4) is 5.82 Å². The molecule has 0 saturated carbocycles. The van der Waals surface area contributed by atoms with Crippen LogP contribution in [0.4, 0.5) is 0 Å². The van der Waals surface area contributed by atoms with E-state index in [1.165, 1.54) is 12.3 Å². The number of benzene rings is 1. The lowest BCUT2D eigenvalue weighted by atomic mass is 10.1. The molecule has 0 atom stereocenters. The third-order valence-corrected chi connectivity index (χ3v) is 5.04. The Balaban J connectivity index is 1.98. The minimum Gasteiger partial charge on any atom is -0.299 e. The van der Waals surface area contributed by atoms with Crippen molar-refractivity contribution in [1.29, 1.82) is 0 Å². The third-order valence-electron chi connectivity index (χ3n) is 4.14. The summed E-state index contributed by atoms with van der Waals surface area (Å²) in [5, 5.41) is 9.72. The molecule has 3 aromatic rings. The van der Waals surface area contributed by atoms with Crippen molar-refractivity contribution in [2.75, 3.05) is 13.6 Å². The Morgan fingerprint density at radius 2 is 1.89 bits per heavy atom. The van der Waals surface area contributed by atoms with E-state index in [0.717, 1.165) is 17.9 Å². The second-order valence-electron chi connectivity index (χ2n) is 6.25. The molecule has 3 rings (SSSR count). The summed E-state index contributed by atoms with van der Waals surface area (Å²) < 4.78 is 24.5. The van der Waals surface area contributed by atoms with Crippen LogP contribution in [-0.4, -0.2) is 46.7 Å². The van der Waals surface area contributed by atoms with Crippen LogP contribution in [0.15, 0.2) is 53.6 Å². The zero-order chi connectivity index (χ0) is 19.4. The predicted octanol–water partition coefficient (Wildman–Crippen LogP) is 1.35. The lowest BCUT2D eigenvalue weighted by Crippen LogP contribution is -2.17. The molecule has 0 aliphatic heterocycles. The zero-order valence-electron chi connectivity index (χ0n) is 15.3. The van der Waals surface area contributed by atoms with E-state index < -0.39 is 10.0 Å². The average molecular weight is 386 g/mol. The van der Waals surface area contributed by atoms with Gasteiger partial charge in [-0.3, -0.25) is 4.90 Å². The Bertz CT molecular complexity index is 1000. The highest BCUT2D eigenvalue weighted by Crippen LogP contribution is 2.15. The molecule has 0 saturated heterocycles. The summed E-state index contributed by atoms with van der Waals surface area (Å²) in [6.45, 7) is 3.56. The van der Waals surface area contributed by atoms with Gasteiger partial charge in [0.2, 0.25) is 10.0 Å². The molecule has 0 bridgehead atoms. The van der Waals surface area contributed by atoms with Gasteiger partial charge in [0.05, 0.1) is 6.54 Å². The van der Waals surface area contributed by atoms with E-state index in [-0.39, 0.29) is 4.90 Å². The Labute approximate surface area is 158 Å². The van der Waals surface area contributed by atoms with Crippen LogP contribution < -0.4 is 5.14 Å². The fourth-order valence-corrected chi connectivity index (χ4v) is 3.01. The Hall–Kier alpha value is -2.62. The van der Waals surface area contributed by atoms with E-state index in [1.807, 2.05) is 37.4 Å². The van der Waals surface area contributed by atoms with Crippen LogP contribution >= 0.6 is 0 Å². The smallest absolute Gasteiger partial charge is 0.239 e. The van der Waals surface area contributed by atoms with Crippen molar-refractivity contribution in [1.82, 2.24) is 24.6 Å². The summed E-state index contributed by atoms with van der Waals surface area (Å²) >= 11 is 0. The SMILES string of the molecule is CCN(C)Cc1nc(Cc2ccccc2)n(-c2ccc(S(N)(=O)=O)cn2)n1. The third kappa shape index (κ3) is 4.76. The molecule has 2 N–H and O–H groups in total. The summed E-state index contributed by atoms with van der Waals surface area (Å²) in [6.07, 6.45) is 1.82. The number of sulfonamides is 1. The first-order valence-electron chi connectivity index (χ1n) is 8.53. The lowest BCUT2D eigenvalue weighted by molar-refractivity contribution is 0.336. The molecule has 0 aliphatic carbocycles. The highest BCUT2D eigenvalue weighted by molar-refractivity contribution is 7.89. The summed E-state index contributed by atoms with van der Waals surface area (Å²) in [5.74, 6) is 1.91. The molecular weight excluding hydrogens is 364 g/mol. The number of aromatic nitrogens is 4. The Morgan fingerprint density at radius 3 is 2.48 bits per heavy atom. The predicted molar refractivity (Wildman–Crippen MR) is 102 cm³/mol. The van der Waals surface area contributed by atoms with Crippen LogP contribution in [-0.2, 0) is 23.0 Å². The van der Waals surface area contributed by atoms with Crippen LogP contribution in [0.5, 0.6) is 0 Å². The van der Waals surface area contributed by atoms with Gasteiger partial charge in [-0.05, 0) is 31.3 Å². The molecule has 0 radical (unpaired) electrons. The minimum atomic E-state index is -3.79. The standard InChI is InChI=1S/C18H22N6O2S/c1-3-23(2)13-16-21-18(11-14-7-5-4-6-8-14)24(22-16)17-10-9-15(12-20-17)27(19,25)26/h4-10,12H,3,11,13H2,1-2H3,(H2,19,25,26). The van der Waals surface area contributed by atoms with Gasteiger partial charge in [0, 0.05) is 12.6 Å². The molecule has 8 nitrogen and oxygen atoms in total. The van der Waals surface area contributed by atoms with Crippen LogP contribution in [0.25, 0.3) is 5.82 Å². The molecule has 142 valence electrons. The van der Waals surface area contributed by atoms with E-state index >= 15 is 0 Å². The van der Waals surface area contributed by atoms with E-state index in [4.69, 9.17) is 5.14 Å². The van der Waals surface area contributed by atoms with Gasteiger partial charge in [0.1, 0.15) is 10.7 Å².